The van der Waals surface area contributed by atoms with Gasteiger partial charge in [0.2, 0.25) is 5.91 Å². The van der Waals surface area contributed by atoms with Gasteiger partial charge in [-0.05, 0) is 54.5 Å². The average molecular weight is 340 g/mol. The third kappa shape index (κ3) is 6.22. The van der Waals surface area contributed by atoms with Crippen LogP contribution >= 0.6 is 12.2 Å². The number of rotatable bonds is 6. The maximum absolute atomic E-state index is 11.9. The maximum atomic E-state index is 11.9. The first-order chi connectivity index (χ1) is 11.5. The van der Waals surface area contributed by atoms with Crippen LogP contribution in [0.25, 0.3) is 0 Å². The van der Waals surface area contributed by atoms with Crippen LogP contribution in [0.15, 0.2) is 66.7 Å². The van der Waals surface area contributed by atoms with Gasteiger partial charge in [0.05, 0.1) is 6.42 Å². The van der Waals surface area contributed by atoms with E-state index in [1.165, 1.54) is 0 Å². The van der Waals surface area contributed by atoms with E-state index in [9.17, 15) is 4.79 Å². The molecule has 0 saturated heterocycles. The molecule has 1 amide bonds. The van der Waals surface area contributed by atoms with Crippen molar-refractivity contribution >= 4 is 28.9 Å². The van der Waals surface area contributed by atoms with E-state index in [0.29, 0.717) is 6.61 Å². The molecule has 0 aromatic heterocycles. The summed E-state index contributed by atoms with van der Waals surface area (Å²) in [7, 11) is 0. The highest BCUT2D eigenvalue weighted by Crippen LogP contribution is 2.16. The first kappa shape index (κ1) is 17.7. The second-order valence-corrected chi connectivity index (χ2v) is 5.84. The molecule has 2 rings (SSSR count). The molecule has 0 aliphatic heterocycles. The number of anilines is 1. The van der Waals surface area contributed by atoms with E-state index in [2.05, 4.69) is 17.2 Å². The molecular weight excluding hydrogens is 320 g/mol. The molecule has 0 atom stereocenters. The average Bonchev–Trinajstić information content (AvgIpc) is 2.54. The van der Waals surface area contributed by atoms with E-state index in [1.54, 1.807) is 0 Å². The van der Waals surface area contributed by atoms with Crippen molar-refractivity contribution in [3.05, 3.63) is 72.3 Å². The van der Waals surface area contributed by atoms with Gasteiger partial charge in [0.25, 0.3) is 0 Å². The third-order valence-electron chi connectivity index (χ3n) is 3.06. The molecular formula is C19H20N2O2S. The standard InChI is InChI=1S/C19H20N2O2S/c1-14(2)13-23-17-10-8-16(9-11-17)20-19(24)21-18(22)12-15-6-4-3-5-7-15/h3-11H,1,12-13H2,2H3,(H2,20,21,22,24). The molecule has 2 aromatic rings. The minimum Gasteiger partial charge on any atom is -0.489 e. The van der Waals surface area contributed by atoms with Crippen molar-refractivity contribution in [2.75, 3.05) is 11.9 Å². The van der Waals surface area contributed by atoms with Crippen molar-refractivity contribution in [1.29, 1.82) is 0 Å². The summed E-state index contributed by atoms with van der Waals surface area (Å²) < 4.78 is 5.53. The van der Waals surface area contributed by atoms with Crippen LogP contribution in [0, 0.1) is 0 Å². The molecule has 0 heterocycles. The molecule has 0 unspecified atom stereocenters. The van der Waals surface area contributed by atoms with Crippen LogP contribution in [-0.2, 0) is 11.2 Å². The Morgan fingerprint density at radius 2 is 1.79 bits per heavy atom. The topological polar surface area (TPSA) is 50.4 Å². The molecule has 0 saturated carbocycles. The Morgan fingerprint density at radius 1 is 1.12 bits per heavy atom. The fourth-order valence-corrected chi connectivity index (χ4v) is 2.19. The first-order valence-corrected chi connectivity index (χ1v) is 7.96. The van der Waals surface area contributed by atoms with Crippen molar-refractivity contribution in [3.8, 4) is 5.75 Å². The quantitative estimate of drug-likeness (QED) is 0.622. The van der Waals surface area contributed by atoms with Gasteiger partial charge >= 0.3 is 0 Å². The normalized spacial score (nSPS) is 9.88. The highest BCUT2D eigenvalue weighted by molar-refractivity contribution is 7.80. The van der Waals surface area contributed by atoms with E-state index < -0.39 is 0 Å². The molecule has 4 nitrogen and oxygen atoms in total. The molecule has 0 spiro atoms. The number of ether oxygens (including phenoxy) is 1. The molecule has 2 aromatic carbocycles. The Morgan fingerprint density at radius 3 is 2.42 bits per heavy atom. The van der Waals surface area contributed by atoms with Crippen LogP contribution in [0.4, 0.5) is 5.69 Å². The molecule has 0 aliphatic rings. The van der Waals surface area contributed by atoms with E-state index in [1.807, 2.05) is 61.5 Å². The number of hydrogen-bond acceptors (Lipinski definition) is 3. The lowest BCUT2D eigenvalue weighted by molar-refractivity contribution is -0.119. The number of benzene rings is 2. The summed E-state index contributed by atoms with van der Waals surface area (Å²) in [5, 5.41) is 5.92. The van der Waals surface area contributed by atoms with Crippen molar-refractivity contribution in [2.24, 2.45) is 0 Å². The summed E-state index contributed by atoms with van der Waals surface area (Å²) in [4.78, 5) is 11.9. The Balaban J connectivity index is 1.81. The van der Waals surface area contributed by atoms with Crippen molar-refractivity contribution in [1.82, 2.24) is 5.32 Å². The molecule has 0 bridgehead atoms. The zero-order valence-corrected chi connectivity index (χ0v) is 14.4. The Bertz CT molecular complexity index is 712. The fourth-order valence-electron chi connectivity index (χ4n) is 1.96. The van der Waals surface area contributed by atoms with Gasteiger partial charge in [0, 0.05) is 5.69 Å². The van der Waals surface area contributed by atoms with Gasteiger partial charge in [0.1, 0.15) is 12.4 Å². The van der Waals surface area contributed by atoms with Crippen LogP contribution in [0.5, 0.6) is 5.75 Å². The highest BCUT2D eigenvalue weighted by Gasteiger charge is 2.06. The Labute approximate surface area is 147 Å². The van der Waals surface area contributed by atoms with Crippen LogP contribution in [0.1, 0.15) is 12.5 Å². The van der Waals surface area contributed by atoms with Crippen LogP contribution in [-0.4, -0.2) is 17.6 Å². The number of carbonyl (C=O) groups is 1. The van der Waals surface area contributed by atoms with Gasteiger partial charge in [-0.3, -0.25) is 4.79 Å². The lowest BCUT2D eigenvalue weighted by atomic mass is 10.1. The summed E-state index contributed by atoms with van der Waals surface area (Å²) in [6, 6.07) is 16.9. The van der Waals surface area contributed by atoms with E-state index >= 15 is 0 Å². The van der Waals surface area contributed by atoms with Crippen molar-refractivity contribution in [3.63, 3.8) is 0 Å². The van der Waals surface area contributed by atoms with Gasteiger partial charge in [0.15, 0.2) is 5.11 Å². The molecule has 2 N–H and O–H groups in total. The molecule has 0 aliphatic carbocycles. The lowest BCUT2D eigenvalue weighted by Crippen LogP contribution is -2.35. The molecule has 24 heavy (non-hydrogen) atoms. The van der Waals surface area contributed by atoms with Gasteiger partial charge in [-0.1, -0.05) is 36.9 Å². The number of amides is 1. The maximum Gasteiger partial charge on any atom is 0.230 e. The molecule has 124 valence electrons. The second kappa shape index (κ2) is 8.84. The third-order valence-corrected chi connectivity index (χ3v) is 3.26. The minimum absolute atomic E-state index is 0.153. The van der Waals surface area contributed by atoms with Gasteiger partial charge in [-0.15, -0.1) is 0 Å². The predicted molar refractivity (Wildman–Crippen MR) is 101 cm³/mol. The van der Waals surface area contributed by atoms with Crippen LogP contribution in [0.2, 0.25) is 0 Å². The minimum atomic E-state index is -0.153. The highest BCUT2D eigenvalue weighted by atomic mass is 32.1. The lowest BCUT2D eigenvalue weighted by Gasteiger charge is -2.11. The van der Waals surface area contributed by atoms with Gasteiger partial charge in [-0.25, -0.2) is 0 Å². The summed E-state index contributed by atoms with van der Waals surface area (Å²) in [5.41, 5.74) is 2.68. The van der Waals surface area contributed by atoms with Gasteiger partial charge < -0.3 is 15.4 Å². The number of thiocarbonyl (C=S) groups is 1. The van der Waals surface area contributed by atoms with Crippen LogP contribution in [0.3, 0.4) is 0 Å². The summed E-state index contributed by atoms with van der Waals surface area (Å²) in [6.45, 7) is 6.19. The number of carbonyl (C=O) groups excluding carboxylic acids is 1. The molecule has 0 radical (unpaired) electrons. The van der Waals surface area contributed by atoms with Crippen molar-refractivity contribution < 1.29 is 9.53 Å². The summed E-state index contributed by atoms with van der Waals surface area (Å²) in [6.07, 6.45) is 0.288. The van der Waals surface area contributed by atoms with Crippen molar-refractivity contribution in [2.45, 2.75) is 13.3 Å². The summed E-state index contributed by atoms with van der Waals surface area (Å²) in [5.74, 6) is 0.600. The zero-order chi connectivity index (χ0) is 17.4. The predicted octanol–water partition coefficient (Wildman–Crippen LogP) is 3.70. The zero-order valence-electron chi connectivity index (χ0n) is 13.5. The second-order valence-electron chi connectivity index (χ2n) is 5.43. The fraction of sp³-hybridized carbons (Fsp3) is 0.158. The molecule has 5 heteroatoms. The summed E-state index contributed by atoms with van der Waals surface area (Å²) >= 11 is 5.16. The van der Waals surface area contributed by atoms with E-state index in [-0.39, 0.29) is 17.4 Å². The number of nitrogens with one attached hydrogen (secondary N) is 2. The first-order valence-electron chi connectivity index (χ1n) is 7.55. The van der Waals surface area contributed by atoms with E-state index in [0.717, 1.165) is 22.6 Å². The number of hydrogen-bond donors (Lipinski definition) is 2. The Kier molecular flexibility index (Phi) is 6.51. The molecule has 0 fully saturated rings. The smallest absolute Gasteiger partial charge is 0.230 e. The largest absolute Gasteiger partial charge is 0.489 e. The Hall–Kier alpha value is -2.66. The SMILES string of the molecule is C=C(C)COc1ccc(NC(=S)NC(=O)Cc2ccccc2)cc1. The van der Waals surface area contributed by atoms with Gasteiger partial charge in [-0.2, -0.15) is 0 Å². The monoisotopic (exact) mass is 340 g/mol. The van der Waals surface area contributed by atoms with Crippen LogP contribution < -0.4 is 15.4 Å². The van der Waals surface area contributed by atoms with E-state index in [4.69, 9.17) is 17.0 Å².